The summed E-state index contributed by atoms with van der Waals surface area (Å²) in [5, 5.41) is 14.3. The molecule has 0 saturated heterocycles. The van der Waals surface area contributed by atoms with Crippen LogP contribution in [0.5, 0.6) is 0 Å². The summed E-state index contributed by atoms with van der Waals surface area (Å²) in [6, 6.07) is 13.4. The van der Waals surface area contributed by atoms with Crippen LogP contribution in [0.25, 0.3) is 0 Å². The van der Waals surface area contributed by atoms with Crippen molar-refractivity contribution >= 4 is 34.0 Å². The Labute approximate surface area is 131 Å². The van der Waals surface area contributed by atoms with Gasteiger partial charge in [0.05, 0.1) is 4.92 Å². The summed E-state index contributed by atoms with van der Waals surface area (Å²) >= 11 is 2.26. The van der Waals surface area contributed by atoms with Crippen LogP contribution in [0.4, 0.5) is 11.4 Å². The minimum Gasteiger partial charge on any atom is -0.378 e. The summed E-state index contributed by atoms with van der Waals surface area (Å²) < 4.78 is 1.15. The lowest BCUT2D eigenvalue weighted by Gasteiger charge is -2.16. The van der Waals surface area contributed by atoms with E-state index in [9.17, 15) is 10.1 Å². The summed E-state index contributed by atoms with van der Waals surface area (Å²) in [6.07, 6.45) is 0. The van der Waals surface area contributed by atoms with E-state index < -0.39 is 0 Å². The molecule has 5 heteroatoms. The zero-order valence-electron chi connectivity index (χ0n) is 11.3. The normalized spacial score (nSPS) is 11.9. The van der Waals surface area contributed by atoms with Gasteiger partial charge < -0.3 is 5.32 Å². The zero-order valence-corrected chi connectivity index (χ0v) is 13.4. The van der Waals surface area contributed by atoms with Gasteiger partial charge in [-0.05, 0) is 60.2 Å². The Bertz CT molecular complexity index is 644. The Morgan fingerprint density at radius 2 is 2.00 bits per heavy atom. The van der Waals surface area contributed by atoms with Crippen molar-refractivity contribution in [3.8, 4) is 0 Å². The smallest absolute Gasteiger partial charge is 0.272 e. The Hall–Kier alpha value is -1.63. The number of aryl methyl sites for hydroxylation is 1. The lowest BCUT2D eigenvalue weighted by Crippen LogP contribution is -2.07. The number of nitro benzene ring substituents is 1. The second kappa shape index (κ2) is 6.21. The maximum atomic E-state index is 11.0. The molecule has 0 fully saturated rings. The molecule has 0 bridgehead atoms. The Morgan fingerprint density at radius 1 is 1.25 bits per heavy atom. The molecular weight excluding hydrogens is 367 g/mol. The Kier molecular flexibility index (Phi) is 4.59. The molecule has 0 spiro atoms. The summed E-state index contributed by atoms with van der Waals surface area (Å²) in [7, 11) is 0. The van der Waals surface area contributed by atoms with Gasteiger partial charge in [-0.25, -0.2) is 0 Å². The van der Waals surface area contributed by atoms with E-state index in [-0.39, 0.29) is 16.7 Å². The Morgan fingerprint density at radius 3 is 2.65 bits per heavy atom. The number of nitrogens with one attached hydrogen (secondary N) is 1. The van der Waals surface area contributed by atoms with E-state index in [0.29, 0.717) is 5.56 Å². The molecule has 0 aliphatic heterocycles. The highest BCUT2D eigenvalue weighted by atomic mass is 127. The number of hydrogen-bond donors (Lipinski definition) is 1. The van der Waals surface area contributed by atoms with Crippen molar-refractivity contribution in [2.75, 3.05) is 5.32 Å². The van der Waals surface area contributed by atoms with E-state index in [1.54, 1.807) is 19.1 Å². The first-order chi connectivity index (χ1) is 9.47. The Balaban J connectivity index is 2.23. The highest BCUT2D eigenvalue weighted by molar-refractivity contribution is 14.1. The maximum Gasteiger partial charge on any atom is 0.272 e. The van der Waals surface area contributed by atoms with E-state index in [4.69, 9.17) is 0 Å². The summed E-state index contributed by atoms with van der Waals surface area (Å²) in [6.45, 7) is 3.74. The molecule has 0 aliphatic rings. The van der Waals surface area contributed by atoms with Crippen molar-refractivity contribution in [3.05, 3.63) is 67.3 Å². The first kappa shape index (κ1) is 14.8. The lowest BCUT2D eigenvalue weighted by molar-refractivity contribution is -0.385. The van der Waals surface area contributed by atoms with E-state index >= 15 is 0 Å². The summed E-state index contributed by atoms with van der Waals surface area (Å²) in [5.41, 5.74) is 2.76. The molecule has 2 aromatic rings. The molecular formula is C15H15IN2O2. The quantitative estimate of drug-likeness (QED) is 0.475. The number of benzene rings is 2. The topological polar surface area (TPSA) is 55.2 Å². The van der Waals surface area contributed by atoms with Crippen molar-refractivity contribution in [3.63, 3.8) is 0 Å². The third-order valence-electron chi connectivity index (χ3n) is 3.14. The molecule has 20 heavy (non-hydrogen) atoms. The van der Waals surface area contributed by atoms with Gasteiger partial charge in [-0.15, -0.1) is 0 Å². The third kappa shape index (κ3) is 3.47. The van der Waals surface area contributed by atoms with Crippen LogP contribution < -0.4 is 5.32 Å². The summed E-state index contributed by atoms with van der Waals surface area (Å²) in [4.78, 5) is 10.6. The van der Waals surface area contributed by atoms with Crippen molar-refractivity contribution in [2.24, 2.45) is 0 Å². The molecule has 0 radical (unpaired) electrons. The van der Waals surface area contributed by atoms with Crippen molar-refractivity contribution in [1.82, 2.24) is 0 Å². The molecule has 0 aromatic heterocycles. The first-order valence-corrected chi connectivity index (χ1v) is 7.32. The van der Waals surface area contributed by atoms with Crippen molar-refractivity contribution in [2.45, 2.75) is 19.9 Å². The molecule has 1 atom stereocenters. The zero-order chi connectivity index (χ0) is 14.7. The number of anilines is 1. The third-order valence-corrected chi connectivity index (χ3v) is 3.81. The van der Waals surface area contributed by atoms with Crippen LogP contribution in [0.3, 0.4) is 0 Å². The predicted octanol–water partition coefficient (Wildman–Crippen LogP) is 4.68. The number of nitro groups is 1. The van der Waals surface area contributed by atoms with E-state index in [2.05, 4.69) is 27.9 Å². The minimum atomic E-state index is -0.336. The molecule has 0 aliphatic carbocycles. The number of halogens is 1. The highest BCUT2D eigenvalue weighted by Gasteiger charge is 2.14. The standard InChI is InChI=1S/C15H15IN2O2/c1-10-6-7-12(8-15(10)18(19)20)11(2)17-14-5-3-4-13(16)9-14/h3-9,11,17H,1-2H3. The minimum absolute atomic E-state index is 0.00694. The fourth-order valence-corrected chi connectivity index (χ4v) is 2.55. The molecule has 0 saturated carbocycles. The van der Waals surface area contributed by atoms with Crippen LogP contribution in [0.15, 0.2) is 42.5 Å². The largest absolute Gasteiger partial charge is 0.378 e. The van der Waals surface area contributed by atoms with Gasteiger partial charge in [0.1, 0.15) is 0 Å². The van der Waals surface area contributed by atoms with Crippen LogP contribution in [-0.4, -0.2) is 4.92 Å². The molecule has 1 unspecified atom stereocenters. The molecule has 2 rings (SSSR count). The van der Waals surface area contributed by atoms with Crippen LogP contribution in [0.2, 0.25) is 0 Å². The number of nitrogens with zero attached hydrogens (tertiary/aromatic N) is 1. The molecule has 1 N–H and O–H groups in total. The van der Waals surface area contributed by atoms with Crippen LogP contribution in [0.1, 0.15) is 24.1 Å². The average molecular weight is 382 g/mol. The summed E-state index contributed by atoms with van der Waals surface area (Å²) in [5.74, 6) is 0. The predicted molar refractivity (Wildman–Crippen MR) is 89.0 cm³/mol. The maximum absolute atomic E-state index is 11.0. The van der Waals surface area contributed by atoms with Gasteiger partial charge in [-0.1, -0.05) is 18.2 Å². The van der Waals surface area contributed by atoms with E-state index in [0.717, 1.165) is 14.8 Å². The molecule has 4 nitrogen and oxygen atoms in total. The van der Waals surface area contributed by atoms with Gasteiger partial charge in [0.25, 0.3) is 5.69 Å². The lowest BCUT2D eigenvalue weighted by atomic mass is 10.0. The van der Waals surface area contributed by atoms with Gasteiger partial charge >= 0.3 is 0 Å². The number of hydrogen-bond acceptors (Lipinski definition) is 3. The molecule has 104 valence electrons. The highest BCUT2D eigenvalue weighted by Crippen LogP contribution is 2.26. The molecule has 2 aromatic carbocycles. The molecule has 0 amide bonds. The fraction of sp³-hybridized carbons (Fsp3) is 0.200. The van der Waals surface area contributed by atoms with Gasteiger partial charge in [-0.2, -0.15) is 0 Å². The molecule has 0 heterocycles. The van der Waals surface area contributed by atoms with Crippen LogP contribution in [0, 0.1) is 20.6 Å². The second-order valence-corrected chi connectivity index (χ2v) is 5.93. The number of rotatable bonds is 4. The monoisotopic (exact) mass is 382 g/mol. The van der Waals surface area contributed by atoms with Crippen LogP contribution in [-0.2, 0) is 0 Å². The van der Waals surface area contributed by atoms with Gasteiger partial charge in [-0.3, -0.25) is 10.1 Å². The van der Waals surface area contributed by atoms with Crippen molar-refractivity contribution < 1.29 is 4.92 Å². The van der Waals surface area contributed by atoms with Gasteiger partial charge in [0.2, 0.25) is 0 Å². The van der Waals surface area contributed by atoms with E-state index in [1.165, 1.54) is 0 Å². The fourth-order valence-electron chi connectivity index (χ4n) is 2.00. The van der Waals surface area contributed by atoms with Crippen molar-refractivity contribution in [1.29, 1.82) is 0 Å². The van der Waals surface area contributed by atoms with Crippen LogP contribution >= 0.6 is 22.6 Å². The average Bonchev–Trinajstić information content (AvgIpc) is 2.38. The van der Waals surface area contributed by atoms with Gasteiger partial charge in [0.15, 0.2) is 0 Å². The van der Waals surface area contributed by atoms with Gasteiger partial charge in [0, 0.05) is 26.9 Å². The van der Waals surface area contributed by atoms with E-state index in [1.807, 2.05) is 37.3 Å². The SMILES string of the molecule is Cc1ccc(C(C)Nc2cccc(I)c2)cc1[N+](=O)[O-]. The first-order valence-electron chi connectivity index (χ1n) is 6.24. The second-order valence-electron chi connectivity index (χ2n) is 4.68.